The van der Waals surface area contributed by atoms with Gasteiger partial charge in [-0.2, -0.15) is 0 Å². The molecule has 0 heterocycles. The first-order valence-electron chi connectivity index (χ1n) is 6.79. The van der Waals surface area contributed by atoms with Gasteiger partial charge in [0.25, 0.3) is 0 Å². The molecule has 0 saturated heterocycles. The summed E-state index contributed by atoms with van der Waals surface area (Å²) in [5, 5.41) is 9.16. The summed E-state index contributed by atoms with van der Waals surface area (Å²) in [4.78, 5) is 0. The molecule has 3 heteroatoms. The fourth-order valence-corrected chi connectivity index (χ4v) is 1.77. The van der Waals surface area contributed by atoms with E-state index in [1.54, 1.807) is 6.92 Å². The highest BCUT2D eigenvalue weighted by molar-refractivity contribution is 5.36. The number of benzene rings is 2. The third-order valence-corrected chi connectivity index (χ3v) is 2.85. The Bertz CT molecular complexity index is 532. The summed E-state index contributed by atoms with van der Waals surface area (Å²) in [5.74, 6) is 2.38. The molecule has 0 aliphatic rings. The maximum absolute atomic E-state index is 9.16. The summed E-state index contributed by atoms with van der Waals surface area (Å²) in [5.41, 5.74) is 1.17. The number of aryl methyl sites for hydroxylation is 1. The van der Waals surface area contributed by atoms with Gasteiger partial charge in [-0.1, -0.05) is 12.1 Å². The zero-order chi connectivity index (χ0) is 14.4. The van der Waals surface area contributed by atoms with Gasteiger partial charge in [0, 0.05) is 6.42 Å². The van der Waals surface area contributed by atoms with Crippen LogP contribution < -0.4 is 9.47 Å². The highest BCUT2D eigenvalue weighted by atomic mass is 16.5. The first-order chi connectivity index (χ1) is 9.63. The molecule has 1 atom stereocenters. The van der Waals surface area contributed by atoms with Crippen molar-refractivity contribution in [1.82, 2.24) is 0 Å². The molecule has 0 saturated carbocycles. The molecule has 20 heavy (non-hydrogen) atoms. The summed E-state index contributed by atoms with van der Waals surface area (Å²) in [6.07, 6.45) is 0.292. The Morgan fingerprint density at radius 3 is 2.35 bits per heavy atom. The fourth-order valence-electron chi connectivity index (χ4n) is 1.77. The molecule has 1 N–H and O–H groups in total. The first kappa shape index (κ1) is 14.4. The highest BCUT2D eigenvalue weighted by Gasteiger charge is 2.00. The van der Waals surface area contributed by atoms with Crippen molar-refractivity contribution in [3.8, 4) is 17.2 Å². The molecule has 0 bridgehead atoms. The lowest BCUT2D eigenvalue weighted by molar-refractivity contribution is 0.155. The fraction of sp³-hybridized carbons (Fsp3) is 0.294. The van der Waals surface area contributed by atoms with E-state index in [0.717, 1.165) is 17.2 Å². The van der Waals surface area contributed by atoms with E-state index in [4.69, 9.17) is 14.6 Å². The van der Waals surface area contributed by atoms with E-state index in [2.05, 4.69) is 0 Å². The van der Waals surface area contributed by atoms with E-state index in [-0.39, 0.29) is 6.10 Å². The van der Waals surface area contributed by atoms with Crippen LogP contribution in [0, 0.1) is 6.92 Å². The van der Waals surface area contributed by atoms with Gasteiger partial charge < -0.3 is 14.6 Å². The van der Waals surface area contributed by atoms with E-state index in [1.807, 2.05) is 55.5 Å². The lowest BCUT2D eigenvalue weighted by Gasteiger charge is -2.09. The zero-order valence-electron chi connectivity index (χ0n) is 11.9. The van der Waals surface area contributed by atoms with Crippen molar-refractivity contribution in [3.63, 3.8) is 0 Å². The van der Waals surface area contributed by atoms with Crippen LogP contribution in [0.15, 0.2) is 48.5 Å². The number of hydrogen-bond donors (Lipinski definition) is 1. The predicted molar refractivity (Wildman–Crippen MR) is 79.5 cm³/mol. The van der Waals surface area contributed by atoms with Crippen LogP contribution in [0.3, 0.4) is 0 Å². The van der Waals surface area contributed by atoms with Crippen LogP contribution in [-0.2, 0) is 0 Å². The Hall–Kier alpha value is -2.00. The molecule has 0 aliphatic heterocycles. The van der Waals surface area contributed by atoms with Crippen LogP contribution in [0.1, 0.15) is 18.9 Å². The summed E-state index contributed by atoms with van der Waals surface area (Å²) < 4.78 is 11.3. The largest absolute Gasteiger partial charge is 0.493 e. The second-order valence-electron chi connectivity index (χ2n) is 4.88. The van der Waals surface area contributed by atoms with Gasteiger partial charge in [0.05, 0.1) is 12.7 Å². The van der Waals surface area contributed by atoms with Crippen molar-refractivity contribution in [1.29, 1.82) is 0 Å². The number of aliphatic hydroxyl groups excluding tert-OH is 1. The second-order valence-corrected chi connectivity index (χ2v) is 4.88. The van der Waals surface area contributed by atoms with Gasteiger partial charge in [0.2, 0.25) is 0 Å². The summed E-state index contributed by atoms with van der Waals surface area (Å²) in [6.45, 7) is 4.30. The average molecular weight is 272 g/mol. The van der Waals surface area contributed by atoms with Crippen molar-refractivity contribution < 1.29 is 14.6 Å². The zero-order valence-corrected chi connectivity index (χ0v) is 11.9. The predicted octanol–water partition coefficient (Wildman–Crippen LogP) is 3.94. The number of hydrogen-bond acceptors (Lipinski definition) is 3. The molecule has 106 valence electrons. The van der Waals surface area contributed by atoms with Crippen LogP contribution in [0.2, 0.25) is 0 Å². The van der Waals surface area contributed by atoms with Crippen molar-refractivity contribution in [2.24, 2.45) is 0 Å². The molecular formula is C17H20O3. The van der Waals surface area contributed by atoms with Crippen LogP contribution in [0.4, 0.5) is 0 Å². The lowest BCUT2D eigenvalue weighted by Crippen LogP contribution is -2.07. The van der Waals surface area contributed by atoms with Crippen LogP contribution >= 0.6 is 0 Å². The number of ether oxygens (including phenoxy) is 2. The van der Waals surface area contributed by atoms with Crippen molar-refractivity contribution >= 4 is 0 Å². The Balaban J connectivity index is 1.91. The Morgan fingerprint density at radius 1 is 1.00 bits per heavy atom. The van der Waals surface area contributed by atoms with E-state index >= 15 is 0 Å². The minimum Gasteiger partial charge on any atom is -0.493 e. The first-order valence-corrected chi connectivity index (χ1v) is 6.79. The third-order valence-electron chi connectivity index (χ3n) is 2.85. The minimum atomic E-state index is -0.334. The van der Waals surface area contributed by atoms with E-state index in [1.165, 1.54) is 5.56 Å². The molecule has 1 unspecified atom stereocenters. The van der Waals surface area contributed by atoms with Crippen LogP contribution in [0.25, 0.3) is 0 Å². The standard InChI is InChI=1S/C17H20O3/c1-13-4-3-5-17(12-13)20-16-8-6-15(7-9-16)19-11-10-14(2)18/h3-9,12,14,18H,10-11H2,1-2H3. The van der Waals surface area contributed by atoms with E-state index in [0.29, 0.717) is 13.0 Å². The molecule has 3 nitrogen and oxygen atoms in total. The smallest absolute Gasteiger partial charge is 0.127 e. The normalized spacial score (nSPS) is 11.9. The van der Waals surface area contributed by atoms with Gasteiger partial charge in [-0.15, -0.1) is 0 Å². The molecule has 2 rings (SSSR count). The second kappa shape index (κ2) is 6.96. The van der Waals surface area contributed by atoms with Crippen LogP contribution in [-0.4, -0.2) is 17.8 Å². The van der Waals surface area contributed by atoms with Gasteiger partial charge in [0.15, 0.2) is 0 Å². The lowest BCUT2D eigenvalue weighted by atomic mass is 10.2. The Kier molecular flexibility index (Phi) is 5.02. The van der Waals surface area contributed by atoms with Crippen molar-refractivity contribution in [2.75, 3.05) is 6.61 Å². The molecule has 0 aliphatic carbocycles. The quantitative estimate of drug-likeness (QED) is 0.865. The molecule has 0 aromatic heterocycles. The van der Waals surface area contributed by atoms with Gasteiger partial charge in [0.1, 0.15) is 17.2 Å². The van der Waals surface area contributed by atoms with Crippen molar-refractivity contribution in [2.45, 2.75) is 26.4 Å². The van der Waals surface area contributed by atoms with Gasteiger partial charge >= 0.3 is 0 Å². The summed E-state index contributed by atoms with van der Waals surface area (Å²) >= 11 is 0. The molecule has 0 radical (unpaired) electrons. The molecular weight excluding hydrogens is 252 g/mol. The molecule has 0 spiro atoms. The SMILES string of the molecule is Cc1cccc(Oc2ccc(OCCC(C)O)cc2)c1. The maximum atomic E-state index is 9.16. The average Bonchev–Trinajstić information content (AvgIpc) is 2.40. The topological polar surface area (TPSA) is 38.7 Å². The van der Waals surface area contributed by atoms with Crippen molar-refractivity contribution in [3.05, 3.63) is 54.1 Å². The van der Waals surface area contributed by atoms with Gasteiger partial charge in [-0.05, 0) is 55.8 Å². The van der Waals surface area contributed by atoms with E-state index < -0.39 is 0 Å². The van der Waals surface area contributed by atoms with Crippen LogP contribution in [0.5, 0.6) is 17.2 Å². The summed E-state index contributed by atoms with van der Waals surface area (Å²) in [6, 6.07) is 15.4. The summed E-state index contributed by atoms with van der Waals surface area (Å²) in [7, 11) is 0. The maximum Gasteiger partial charge on any atom is 0.127 e. The highest BCUT2D eigenvalue weighted by Crippen LogP contribution is 2.24. The molecule has 0 amide bonds. The monoisotopic (exact) mass is 272 g/mol. The number of aliphatic hydroxyl groups is 1. The number of rotatable bonds is 6. The Morgan fingerprint density at radius 2 is 1.70 bits per heavy atom. The molecule has 0 fully saturated rings. The van der Waals surface area contributed by atoms with E-state index in [9.17, 15) is 0 Å². The van der Waals surface area contributed by atoms with Gasteiger partial charge in [-0.25, -0.2) is 0 Å². The Labute approximate surface area is 119 Å². The molecule has 2 aromatic carbocycles. The minimum absolute atomic E-state index is 0.334. The third kappa shape index (κ3) is 4.59. The van der Waals surface area contributed by atoms with Gasteiger partial charge in [-0.3, -0.25) is 0 Å². The molecule has 2 aromatic rings.